The number of nitrogens with one attached hydrogen (secondary N) is 1. The molecule has 2 aliphatic rings. The molecule has 0 unspecified atom stereocenters. The van der Waals surface area contributed by atoms with Gasteiger partial charge in [0.2, 0.25) is 5.91 Å². The molecule has 1 N–H and O–H groups in total. The molecule has 2 aliphatic heterocycles. The van der Waals surface area contributed by atoms with E-state index >= 15 is 0 Å². The van der Waals surface area contributed by atoms with Crippen molar-refractivity contribution >= 4 is 17.8 Å². The van der Waals surface area contributed by atoms with E-state index in [1.165, 1.54) is 0 Å². The average Bonchev–Trinajstić information content (AvgIpc) is 3.10. The van der Waals surface area contributed by atoms with E-state index in [1.807, 2.05) is 30.3 Å². The fraction of sp³-hybridized carbons (Fsp3) is 0.400. The van der Waals surface area contributed by atoms with E-state index in [0.717, 1.165) is 17.1 Å². The Morgan fingerprint density at radius 3 is 2.73 bits per heavy atom. The molecule has 1 aromatic rings. The molecule has 1 aromatic carbocycles. The second-order valence-electron chi connectivity index (χ2n) is 5.32. The van der Waals surface area contributed by atoms with Crippen LogP contribution in [0.4, 0.5) is 4.79 Å². The number of hydrogen-bond acceptors (Lipinski definition) is 4. The van der Waals surface area contributed by atoms with Gasteiger partial charge in [0, 0.05) is 13.0 Å². The number of imide groups is 1. The first-order valence-electron chi connectivity index (χ1n) is 7.21. The summed E-state index contributed by atoms with van der Waals surface area (Å²) >= 11 is 0. The lowest BCUT2D eigenvalue weighted by molar-refractivity contribution is -0.135. The predicted octanol–water partition coefficient (Wildman–Crippen LogP) is 0.218. The van der Waals surface area contributed by atoms with Crippen LogP contribution < -0.4 is 10.1 Å². The van der Waals surface area contributed by atoms with Gasteiger partial charge in [0.15, 0.2) is 0 Å². The van der Waals surface area contributed by atoms with Crippen LogP contribution in [0.2, 0.25) is 0 Å². The molecule has 7 nitrogen and oxygen atoms in total. The van der Waals surface area contributed by atoms with Crippen LogP contribution in [0, 0.1) is 0 Å². The number of nitrogens with zero attached hydrogens (tertiary/aromatic N) is 2. The Morgan fingerprint density at radius 1 is 1.27 bits per heavy atom. The van der Waals surface area contributed by atoms with Crippen molar-refractivity contribution < 1.29 is 19.1 Å². The van der Waals surface area contributed by atoms with Crippen LogP contribution in [-0.4, -0.2) is 59.9 Å². The molecule has 7 heteroatoms. The van der Waals surface area contributed by atoms with Crippen LogP contribution in [0.3, 0.4) is 0 Å². The monoisotopic (exact) mass is 303 g/mol. The largest absolute Gasteiger partial charge is 0.489 e. The summed E-state index contributed by atoms with van der Waals surface area (Å²) in [5.41, 5.74) is 0. The highest BCUT2D eigenvalue weighted by atomic mass is 16.5. The Balaban J connectivity index is 1.53. The zero-order valence-electron chi connectivity index (χ0n) is 12.0. The van der Waals surface area contributed by atoms with Gasteiger partial charge in [-0.1, -0.05) is 18.2 Å². The molecule has 2 saturated heterocycles. The molecule has 0 saturated carbocycles. The summed E-state index contributed by atoms with van der Waals surface area (Å²) in [5.74, 6) is 0.176. The summed E-state index contributed by atoms with van der Waals surface area (Å²) < 4.78 is 5.81. The normalized spacial score (nSPS) is 21.2. The molecule has 3 rings (SSSR count). The van der Waals surface area contributed by atoms with Crippen molar-refractivity contribution in [3.8, 4) is 5.75 Å². The average molecular weight is 303 g/mol. The molecular formula is C15H17N3O4. The molecule has 0 radical (unpaired) electrons. The molecule has 4 amide bonds. The molecule has 2 fully saturated rings. The van der Waals surface area contributed by atoms with E-state index < -0.39 is 6.03 Å². The molecular weight excluding hydrogens is 286 g/mol. The van der Waals surface area contributed by atoms with Crippen molar-refractivity contribution in [2.75, 3.05) is 26.2 Å². The Hall–Kier alpha value is -2.57. The van der Waals surface area contributed by atoms with Gasteiger partial charge in [-0.2, -0.15) is 0 Å². The summed E-state index contributed by atoms with van der Waals surface area (Å²) in [6.07, 6.45) is 0.676. The lowest BCUT2D eigenvalue weighted by atomic mass is 10.3. The maximum atomic E-state index is 12.2. The number of carbonyl (C=O) groups excluding carboxylic acids is 3. The minimum atomic E-state index is -0.505. The van der Waals surface area contributed by atoms with Crippen molar-refractivity contribution in [1.29, 1.82) is 0 Å². The third-order valence-electron chi connectivity index (χ3n) is 3.77. The van der Waals surface area contributed by atoms with Crippen molar-refractivity contribution in [2.24, 2.45) is 0 Å². The van der Waals surface area contributed by atoms with E-state index in [2.05, 4.69) is 5.32 Å². The van der Waals surface area contributed by atoms with Crippen LogP contribution in [-0.2, 0) is 9.59 Å². The topological polar surface area (TPSA) is 79.0 Å². The SMILES string of the molecule is O=C(CN1C(=O)CNC1=O)N1CC[C@H](Oc2ccccc2)C1. The predicted molar refractivity (Wildman–Crippen MR) is 77.2 cm³/mol. The Kier molecular flexibility index (Phi) is 3.95. The summed E-state index contributed by atoms with van der Waals surface area (Å²) in [5, 5.41) is 2.40. The minimum absolute atomic E-state index is 0.0359. The Morgan fingerprint density at radius 2 is 2.05 bits per heavy atom. The summed E-state index contributed by atoms with van der Waals surface area (Å²) in [6, 6.07) is 8.94. The van der Waals surface area contributed by atoms with Crippen LogP contribution in [0.1, 0.15) is 6.42 Å². The number of likely N-dealkylation sites (tertiary alicyclic amines) is 1. The van der Waals surface area contributed by atoms with Crippen LogP contribution in [0.15, 0.2) is 30.3 Å². The fourth-order valence-corrected chi connectivity index (χ4v) is 2.59. The Labute approximate surface area is 127 Å². The van der Waals surface area contributed by atoms with Crippen LogP contribution in [0.5, 0.6) is 5.75 Å². The van der Waals surface area contributed by atoms with Gasteiger partial charge in [0.05, 0.1) is 13.1 Å². The number of benzene rings is 1. The first-order valence-corrected chi connectivity index (χ1v) is 7.21. The lowest BCUT2D eigenvalue weighted by Gasteiger charge is -2.19. The van der Waals surface area contributed by atoms with E-state index in [9.17, 15) is 14.4 Å². The van der Waals surface area contributed by atoms with Crippen LogP contribution >= 0.6 is 0 Å². The maximum Gasteiger partial charge on any atom is 0.325 e. The van der Waals surface area contributed by atoms with Gasteiger partial charge in [-0.25, -0.2) is 4.79 Å². The lowest BCUT2D eigenvalue weighted by Crippen LogP contribution is -2.42. The van der Waals surface area contributed by atoms with Crippen molar-refractivity contribution in [1.82, 2.24) is 15.1 Å². The molecule has 0 aromatic heterocycles. The number of urea groups is 1. The molecule has 2 heterocycles. The van der Waals surface area contributed by atoms with E-state index in [1.54, 1.807) is 4.90 Å². The van der Waals surface area contributed by atoms with Gasteiger partial charge < -0.3 is 15.0 Å². The molecule has 1 atom stereocenters. The quantitative estimate of drug-likeness (QED) is 0.807. The number of ether oxygens (including phenoxy) is 1. The first kappa shape index (κ1) is 14.4. The second-order valence-corrected chi connectivity index (χ2v) is 5.32. The number of rotatable bonds is 4. The molecule has 22 heavy (non-hydrogen) atoms. The highest BCUT2D eigenvalue weighted by Gasteiger charge is 2.34. The second kappa shape index (κ2) is 6.05. The number of para-hydroxylation sites is 1. The van der Waals surface area contributed by atoms with Gasteiger partial charge in [-0.3, -0.25) is 14.5 Å². The number of hydrogen-bond donors (Lipinski definition) is 1. The number of carbonyl (C=O) groups is 3. The zero-order valence-corrected chi connectivity index (χ0v) is 12.0. The highest BCUT2D eigenvalue weighted by Crippen LogP contribution is 2.18. The van der Waals surface area contributed by atoms with E-state index in [0.29, 0.717) is 13.1 Å². The highest BCUT2D eigenvalue weighted by molar-refractivity contribution is 6.04. The van der Waals surface area contributed by atoms with Crippen molar-refractivity contribution in [3.05, 3.63) is 30.3 Å². The van der Waals surface area contributed by atoms with Crippen molar-refractivity contribution in [3.63, 3.8) is 0 Å². The third kappa shape index (κ3) is 3.03. The molecule has 116 valence electrons. The van der Waals surface area contributed by atoms with Gasteiger partial charge >= 0.3 is 6.03 Å². The Bertz CT molecular complexity index is 574. The van der Waals surface area contributed by atoms with Crippen LogP contribution in [0.25, 0.3) is 0 Å². The summed E-state index contributed by atoms with van der Waals surface area (Å²) in [6.45, 7) is 0.798. The van der Waals surface area contributed by atoms with Gasteiger partial charge in [0.1, 0.15) is 18.4 Å². The fourth-order valence-electron chi connectivity index (χ4n) is 2.59. The molecule has 0 spiro atoms. The first-order chi connectivity index (χ1) is 10.6. The number of amides is 4. The molecule has 0 bridgehead atoms. The van der Waals surface area contributed by atoms with Gasteiger partial charge in [-0.15, -0.1) is 0 Å². The van der Waals surface area contributed by atoms with Gasteiger partial charge in [0.25, 0.3) is 5.91 Å². The third-order valence-corrected chi connectivity index (χ3v) is 3.77. The van der Waals surface area contributed by atoms with Gasteiger partial charge in [-0.05, 0) is 12.1 Å². The minimum Gasteiger partial charge on any atom is -0.489 e. The van der Waals surface area contributed by atoms with E-state index in [-0.39, 0.29) is 31.0 Å². The smallest absolute Gasteiger partial charge is 0.325 e. The van der Waals surface area contributed by atoms with Crippen molar-refractivity contribution in [2.45, 2.75) is 12.5 Å². The zero-order chi connectivity index (χ0) is 15.5. The van der Waals surface area contributed by atoms with E-state index in [4.69, 9.17) is 4.74 Å². The summed E-state index contributed by atoms with van der Waals surface area (Å²) in [4.78, 5) is 37.7. The summed E-state index contributed by atoms with van der Waals surface area (Å²) in [7, 11) is 0. The maximum absolute atomic E-state index is 12.2. The standard InChI is InChI=1S/C15H17N3O4/c19-13-8-16-15(21)18(13)10-14(20)17-7-6-12(9-17)22-11-4-2-1-3-5-11/h1-5,12H,6-10H2,(H,16,21)/t12-/m0/s1. The molecule has 0 aliphatic carbocycles.